The number of para-hydroxylation sites is 1. The first-order chi connectivity index (χ1) is 13.9. The highest BCUT2D eigenvalue weighted by Gasteiger charge is 2.21. The predicted molar refractivity (Wildman–Crippen MR) is 116 cm³/mol. The molecule has 0 spiro atoms. The number of fused-ring (bicyclic) bond motifs is 1. The normalized spacial score (nSPS) is 14.7. The molecule has 2 unspecified atom stereocenters. The van der Waals surface area contributed by atoms with Crippen LogP contribution in [0.3, 0.4) is 0 Å². The molecule has 0 aliphatic rings. The smallest absolute Gasteiger partial charge is 0.191 e. The number of rotatable bonds is 8. The van der Waals surface area contributed by atoms with Crippen LogP contribution in [0.1, 0.15) is 25.6 Å². The first-order valence-electron chi connectivity index (χ1n) is 9.36. The van der Waals surface area contributed by atoms with Crippen molar-refractivity contribution in [3.63, 3.8) is 0 Å². The molecule has 29 heavy (non-hydrogen) atoms. The fourth-order valence-electron chi connectivity index (χ4n) is 2.84. The highest BCUT2D eigenvalue weighted by molar-refractivity contribution is 7.93. The lowest BCUT2D eigenvalue weighted by Gasteiger charge is -2.17. The monoisotopic (exact) mass is 435 g/mol. The summed E-state index contributed by atoms with van der Waals surface area (Å²) >= 11 is 1.14. The molecule has 0 amide bonds. The van der Waals surface area contributed by atoms with E-state index < -0.39 is 15.9 Å². The van der Waals surface area contributed by atoms with Gasteiger partial charge < -0.3 is 20.2 Å². The summed E-state index contributed by atoms with van der Waals surface area (Å²) in [7, 11) is -3.51. The van der Waals surface area contributed by atoms with Gasteiger partial charge in [-0.15, -0.1) is 11.3 Å². The first-order valence-corrected chi connectivity index (χ1v) is 11.9. The summed E-state index contributed by atoms with van der Waals surface area (Å²) in [5.41, 5.74) is 0.812. The first kappa shape index (κ1) is 21.4. The van der Waals surface area contributed by atoms with E-state index in [1.807, 2.05) is 44.2 Å². The highest BCUT2D eigenvalue weighted by Crippen LogP contribution is 2.23. The molecule has 3 N–H and O–H groups in total. The zero-order valence-corrected chi connectivity index (χ0v) is 18.0. The summed E-state index contributed by atoms with van der Waals surface area (Å²) in [4.78, 5) is 4.34. The molecule has 2 atom stereocenters. The van der Waals surface area contributed by atoms with Crippen LogP contribution in [0.5, 0.6) is 0 Å². The molecule has 2 heterocycles. The van der Waals surface area contributed by atoms with Crippen molar-refractivity contribution in [3.05, 3.63) is 53.6 Å². The number of guanidine groups is 1. The number of nitrogens with zero attached hydrogens (tertiary/aromatic N) is 1. The fourth-order valence-corrected chi connectivity index (χ4v) is 5.31. The van der Waals surface area contributed by atoms with Crippen LogP contribution in [0.2, 0.25) is 0 Å². The van der Waals surface area contributed by atoms with Crippen LogP contribution in [0.25, 0.3) is 11.0 Å². The molecule has 2 aromatic heterocycles. The maximum atomic E-state index is 12.3. The van der Waals surface area contributed by atoms with Crippen LogP contribution >= 0.6 is 11.3 Å². The van der Waals surface area contributed by atoms with E-state index in [2.05, 4.69) is 15.6 Å². The third kappa shape index (κ3) is 5.59. The Bertz CT molecular complexity index is 1030. The van der Waals surface area contributed by atoms with Crippen LogP contribution < -0.4 is 10.6 Å². The maximum Gasteiger partial charge on any atom is 0.191 e. The van der Waals surface area contributed by atoms with Gasteiger partial charge in [0.15, 0.2) is 15.8 Å². The Kier molecular flexibility index (Phi) is 6.94. The average Bonchev–Trinajstić information content (AvgIpc) is 3.35. The zero-order chi connectivity index (χ0) is 20.9. The minimum atomic E-state index is -3.51. The van der Waals surface area contributed by atoms with Gasteiger partial charge in [-0.2, -0.15) is 0 Å². The molecule has 0 bridgehead atoms. The Morgan fingerprint density at radius 3 is 2.76 bits per heavy atom. The molecule has 0 saturated heterocycles. The van der Waals surface area contributed by atoms with Crippen molar-refractivity contribution in [1.29, 1.82) is 0 Å². The molecule has 0 fully saturated rings. The minimum Gasteiger partial charge on any atom is -0.459 e. The van der Waals surface area contributed by atoms with Crippen molar-refractivity contribution in [2.75, 3.05) is 18.8 Å². The van der Waals surface area contributed by atoms with E-state index in [0.29, 0.717) is 12.5 Å². The van der Waals surface area contributed by atoms with E-state index in [9.17, 15) is 13.5 Å². The molecular weight excluding hydrogens is 410 g/mol. The molecule has 1 aromatic carbocycles. The largest absolute Gasteiger partial charge is 0.459 e. The van der Waals surface area contributed by atoms with Crippen LogP contribution in [0.15, 0.2) is 61.5 Å². The molecular formula is C20H25N3O4S2. The number of aliphatic hydroxyl groups excluding tert-OH is 1. The second-order valence-corrected chi connectivity index (χ2v) is 9.85. The molecule has 9 heteroatoms. The number of thiophene rings is 1. The number of furan rings is 1. The van der Waals surface area contributed by atoms with Crippen LogP contribution in [-0.2, 0) is 9.84 Å². The van der Waals surface area contributed by atoms with Gasteiger partial charge in [0.1, 0.15) is 15.6 Å². The van der Waals surface area contributed by atoms with Gasteiger partial charge in [0.25, 0.3) is 0 Å². The SMILES string of the molecule is CCNC(=NCC(O)CS(=O)(=O)c1cccs1)NC(C)c1cc2ccccc2o1. The number of nitrogens with one attached hydrogen (secondary N) is 2. The van der Waals surface area contributed by atoms with Crippen molar-refractivity contribution >= 4 is 38.1 Å². The molecule has 0 aliphatic carbocycles. The fraction of sp³-hybridized carbons (Fsp3) is 0.350. The Morgan fingerprint density at radius 2 is 2.07 bits per heavy atom. The van der Waals surface area contributed by atoms with Gasteiger partial charge in [0, 0.05) is 11.9 Å². The number of hydrogen-bond donors (Lipinski definition) is 3. The Hall–Kier alpha value is -2.36. The van der Waals surface area contributed by atoms with Gasteiger partial charge in [-0.3, -0.25) is 4.99 Å². The molecule has 3 aromatic rings. The zero-order valence-electron chi connectivity index (χ0n) is 16.3. The van der Waals surface area contributed by atoms with Crippen molar-refractivity contribution in [3.8, 4) is 0 Å². The van der Waals surface area contributed by atoms with E-state index in [0.717, 1.165) is 28.1 Å². The van der Waals surface area contributed by atoms with Crippen molar-refractivity contribution in [2.24, 2.45) is 4.99 Å². The van der Waals surface area contributed by atoms with Crippen molar-refractivity contribution in [1.82, 2.24) is 10.6 Å². The third-order valence-electron chi connectivity index (χ3n) is 4.24. The Morgan fingerprint density at radius 1 is 1.28 bits per heavy atom. The summed E-state index contributed by atoms with van der Waals surface area (Å²) in [6, 6.07) is 12.8. The second kappa shape index (κ2) is 9.43. The molecule has 0 aliphatic heterocycles. The predicted octanol–water partition coefficient (Wildman–Crippen LogP) is 2.95. The summed E-state index contributed by atoms with van der Waals surface area (Å²) in [5, 5.41) is 19.2. The van der Waals surface area contributed by atoms with Crippen LogP contribution in [-0.4, -0.2) is 44.4 Å². The van der Waals surface area contributed by atoms with Crippen LogP contribution in [0.4, 0.5) is 0 Å². The number of benzene rings is 1. The molecule has 0 saturated carbocycles. The lowest BCUT2D eigenvalue weighted by atomic mass is 10.2. The van der Waals surface area contributed by atoms with Gasteiger partial charge >= 0.3 is 0 Å². The van der Waals surface area contributed by atoms with Gasteiger partial charge in [-0.1, -0.05) is 24.3 Å². The van der Waals surface area contributed by atoms with E-state index in [4.69, 9.17) is 4.42 Å². The average molecular weight is 436 g/mol. The van der Waals surface area contributed by atoms with E-state index in [1.165, 1.54) is 6.07 Å². The maximum absolute atomic E-state index is 12.3. The van der Waals surface area contributed by atoms with Crippen LogP contribution in [0, 0.1) is 0 Å². The summed E-state index contributed by atoms with van der Waals surface area (Å²) in [6.07, 6.45) is -1.10. The standard InChI is InChI=1S/C20H25N3O4S2/c1-3-21-20(22-12-16(24)13-29(25,26)19-9-6-10-28-19)23-14(2)18-11-15-7-4-5-8-17(15)27-18/h4-11,14,16,24H,3,12-13H2,1-2H3,(H2,21,22,23). The van der Waals surface area contributed by atoms with Crippen molar-refractivity contribution in [2.45, 2.75) is 30.2 Å². The Labute approximate surface area is 174 Å². The Balaban J connectivity index is 1.64. The van der Waals surface area contributed by atoms with Gasteiger partial charge in [-0.25, -0.2) is 8.42 Å². The molecule has 7 nitrogen and oxygen atoms in total. The minimum absolute atomic E-state index is 0.0349. The lowest BCUT2D eigenvalue weighted by Crippen LogP contribution is -2.39. The lowest BCUT2D eigenvalue weighted by molar-refractivity contribution is 0.206. The quantitative estimate of drug-likeness (QED) is 0.371. The van der Waals surface area contributed by atoms with Crippen molar-refractivity contribution < 1.29 is 17.9 Å². The number of sulfone groups is 1. The summed E-state index contributed by atoms with van der Waals surface area (Å²) < 4.78 is 30.7. The third-order valence-corrected chi connectivity index (χ3v) is 7.53. The van der Waals surface area contributed by atoms with E-state index in [-0.39, 0.29) is 22.5 Å². The number of aliphatic imine (C=N–C) groups is 1. The number of aliphatic hydroxyl groups is 1. The van der Waals surface area contributed by atoms with Gasteiger partial charge in [0.2, 0.25) is 0 Å². The van der Waals surface area contributed by atoms with Gasteiger partial charge in [0.05, 0.1) is 24.4 Å². The molecule has 0 radical (unpaired) electrons. The second-order valence-electron chi connectivity index (χ2n) is 6.64. The van der Waals surface area contributed by atoms with E-state index in [1.54, 1.807) is 11.4 Å². The molecule has 3 rings (SSSR count). The van der Waals surface area contributed by atoms with Gasteiger partial charge in [-0.05, 0) is 37.4 Å². The summed E-state index contributed by atoms with van der Waals surface area (Å²) in [6.45, 7) is 4.47. The topological polar surface area (TPSA) is 104 Å². The van der Waals surface area contributed by atoms with E-state index >= 15 is 0 Å². The number of hydrogen-bond acceptors (Lipinski definition) is 6. The molecule has 156 valence electrons. The summed E-state index contributed by atoms with van der Waals surface area (Å²) in [5.74, 6) is 0.876. The highest BCUT2D eigenvalue weighted by atomic mass is 32.2.